The fourth-order valence-corrected chi connectivity index (χ4v) is 2.16. The Morgan fingerprint density at radius 2 is 1.82 bits per heavy atom. The minimum Gasteiger partial charge on any atom is -0.390 e. The lowest BCUT2D eigenvalue weighted by Crippen LogP contribution is -2.43. The van der Waals surface area contributed by atoms with E-state index in [1.807, 2.05) is 30.7 Å². The molecule has 5 nitrogen and oxygen atoms in total. The van der Waals surface area contributed by atoms with Crippen LogP contribution in [0.1, 0.15) is 27.2 Å². The molecule has 0 aliphatic carbocycles. The van der Waals surface area contributed by atoms with E-state index in [0.29, 0.717) is 19.6 Å². The summed E-state index contributed by atoms with van der Waals surface area (Å²) in [4.78, 5) is 6.15. The predicted octanol–water partition coefficient (Wildman–Crippen LogP) is 1.35. The monoisotopic (exact) mass is 313 g/mol. The van der Waals surface area contributed by atoms with Crippen LogP contribution in [0.25, 0.3) is 0 Å². The number of allylic oxidation sites excluding steroid dienone is 2. The van der Waals surface area contributed by atoms with Crippen molar-refractivity contribution in [3.05, 3.63) is 24.4 Å². The minimum absolute atomic E-state index is 0.0359. The van der Waals surface area contributed by atoms with Gasteiger partial charge in [0.05, 0.1) is 12.8 Å². The van der Waals surface area contributed by atoms with Crippen molar-refractivity contribution < 1.29 is 10.2 Å². The largest absolute Gasteiger partial charge is 0.390 e. The highest BCUT2D eigenvalue weighted by Crippen LogP contribution is 2.01. The lowest BCUT2D eigenvalue weighted by molar-refractivity contribution is 0.0329. The Hall–Kier alpha value is -0.880. The first-order valence-electron chi connectivity index (χ1n) is 8.15. The fourth-order valence-electron chi connectivity index (χ4n) is 2.16. The molecule has 0 aliphatic rings. The molecule has 0 aromatic rings. The Kier molecular flexibility index (Phi) is 12.1. The summed E-state index contributed by atoms with van der Waals surface area (Å²) in [5, 5.41) is 19.7. The minimum atomic E-state index is -0.451. The molecule has 0 bridgehead atoms. The Morgan fingerprint density at radius 3 is 2.32 bits per heavy atom. The van der Waals surface area contributed by atoms with Crippen LogP contribution in [0.3, 0.4) is 0 Å². The second-order valence-electron chi connectivity index (χ2n) is 5.78. The highest BCUT2D eigenvalue weighted by molar-refractivity contribution is 4.86. The van der Waals surface area contributed by atoms with Crippen molar-refractivity contribution in [2.24, 2.45) is 0 Å². The van der Waals surface area contributed by atoms with Crippen molar-refractivity contribution >= 4 is 0 Å². The van der Waals surface area contributed by atoms with Crippen LogP contribution < -0.4 is 0 Å². The number of aliphatic hydroxyl groups excluding tert-OH is 2. The standard InChI is InChI=1S/C17H35N3O2/c1-6-8-9-10-19(7-2)13-17(22)14-20(15-21)12-11-18(5)16(3)4/h6,8,17,21-22H,3,7,9-15H2,1-2,4-5H3/b8-6-/t17-/m1/s1. The van der Waals surface area contributed by atoms with Crippen LogP contribution in [-0.4, -0.2) is 84.1 Å². The quantitative estimate of drug-likeness (QED) is 0.397. The van der Waals surface area contributed by atoms with Gasteiger partial charge in [-0.1, -0.05) is 25.7 Å². The van der Waals surface area contributed by atoms with Crippen molar-refractivity contribution in [3.8, 4) is 0 Å². The molecule has 0 fully saturated rings. The van der Waals surface area contributed by atoms with E-state index in [1.165, 1.54) is 0 Å². The van der Waals surface area contributed by atoms with Crippen LogP contribution >= 0.6 is 0 Å². The van der Waals surface area contributed by atoms with Gasteiger partial charge in [-0.3, -0.25) is 4.90 Å². The van der Waals surface area contributed by atoms with Gasteiger partial charge in [-0.05, 0) is 26.8 Å². The number of hydrogen-bond donors (Lipinski definition) is 2. The fraction of sp³-hybridized carbons (Fsp3) is 0.765. The van der Waals surface area contributed by atoms with Crippen LogP contribution in [0.15, 0.2) is 24.4 Å². The molecule has 2 N–H and O–H groups in total. The van der Waals surface area contributed by atoms with Crippen LogP contribution in [0.2, 0.25) is 0 Å². The molecule has 0 saturated carbocycles. The SMILES string of the molecule is C=C(C)N(C)CCN(CO)C[C@H](O)CN(CC)CC/C=C\C. The van der Waals surface area contributed by atoms with Crippen molar-refractivity contribution in [2.45, 2.75) is 33.3 Å². The summed E-state index contributed by atoms with van der Waals surface area (Å²) in [7, 11) is 1.98. The Labute approximate surface area is 136 Å². The van der Waals surface area contributed by atoms with E-state index in [0.717, 1.165) is 31.8 Å². The van der Waals surface area contributed by atoms with Crippen molar-refractivity contribution in [2.75, 3.05) is 53.0 Å². The molecule has 130 valence electrons. The highest BCUT2D eigenvalue weighted by Gasteiger charge is 2.14. The summed E-state index contributed by atoms with van der Waals surface area (Å²) in [5.74, 6) is 0. The predicted molar refractivity (Wildman–Crippen MR) is 93.7 cm³/mol. The number of nitrogens with zero attached hydrogens (tertiary/aromatic N) is 3. The first-order chi connectivity index (χ1) is 10.4. The zero-order valence-corrected chi connectivity index (χ0v) is 14.8. The topological polar surface area (TPSA) is 50.2 Å². The zero-order valence-electron chi connectivity index (χ0n) is 14.8. The smallest absolute Gasteiger partial charge is 0.0958 e. The summed E-state index contributed by atoms with van der Waals surface area (Å²) in [6.07, 6.45) is 4.75. The van der Waals surface area contributed by atoms with Crippen LogP contribution in [-0.2, 0) is 0 Å². The zero-order chi connectivity index (χ0) is 17.0. The maximum atomic E-state index is 10.2. The maximum Gasteiger partial charge on any atom is 0.0958 e. The van der Waals surface area contributed by atoms with Crippen LogP contribution in [0.5, 0.6) is 0 Å². The van der Waals surface area contributed by atoms with Gasteiger partial charge in [0.2, 0.25) is 0 Å². The second-order valence-corrected chi connectivity index (χ2v) is 5.78. The Balaban J connectivity index is 4.16. The summed E-state index contributed by atoms with van der Waals surface area (Å²) >= 11 is 0. The van der Waals surface area contributed by atoms with Gasteiger partial charge in [0, 0.05) is 45.5 Å². The number of hydrogen-bond acceptors (Lipinski definition) is 5. The molecule has 0 aromatic heterocycles. The lowest BCUT2D eigenvalue weighted by Gasteiger charge is -2.29. The second kappa shape index (κ2) is 12.6. The molecule has 22 heavy (non-hydrogen) atoms. The van der Waals surface area contributed by atoms with Crippen molar-refractivity contribution in [1.82, 2.24) is 14.7 Å². The molecule has 0 aromatic carbocycles. The van der Waals surface area contributed by atoms with E-state index in [9.17, 15) is 10.2 Å². The van der Waals surface area contributed by atoms with Gasteiger partial charge in [0.15, 0.2) is 0 Å². The third kappa shape index (κ3) is 9.95. The lowest BCUT2D eigenvalue weighted by atomic mass is 10.2. The van der Waals surface area contributed by atoms with Crippen molar-refractivity contribution in [1.29, 1.82) is 0 Å². The van der Waals surface area contributed by atoms with Gasteiger partial charge in [-0.15, -0.1) is 0 Å². The molecule has 0 aliphatic heterocycles. The van der Waals surface area contributed by atoms with Gasteiger partial charge in [-0.25, -0.2) is 0 Å². The summed E-state index contributed by atoms with van der Waals surface area (Å²) in [6.45, 7) is 14.4. The number of likely N-dealkylation sites (N-methyl/N-ethyl adjacent to an activating group) is 2. The van der Waals surface area contributed by atoms with E-state index >= 15 is 0 Å². The Morgan fingerprint density at radius 1 is 1.18 bits per heavy atom. The van der Waals surface area contributed by atoms with E-state index < -0.39 is 6.10 Å². The van der Waals surface area contributed by atoms with E-state index in [2.05, 4.69) is 30.6 Å². The third-order valence-corrected chi connectivity index (χ3v) is 3.84. The summed E-state index contributed by atoms with van der Waals surface area (Å²) < 4.78 is 0. The first-order valence-corrected chi connectivity index (χ1v) is 8.15. The highest BCUT2D eigenvalue weighted by atomic mass is 16.3. The number of aliphatic hydroxyl groups is 2. The van der Waals surface area contributed by atoms with E-state index in [1.54, 1.807) is 0 Å². The van der Waals surface area contributed by atoms with Gasteiger partial charge in [-0.2, -0.15) is 0 Å². The van der Waals surface area contributed by atoms with Gasteiger partial charge < -0.3 is 20.0 Å². The molecule has 0 amide bonds. The molecular weight excluding hydrogens is 278 g/mol. The molecule has 0 unspecified atom stereocenters. The normalized spacial score (nSPS) is 13.3. The molecule has 0 rings (SSSR count). The molecule has 0 saturated heterocycles. The molecule has 1 atom stereocenters. The molecule has 0 spiro atoms. The molecule has 5 heteroatoms. The maximum absolute atomic E-state index is 10.2. The van der Waals surface area contributed by atoms with Gasteiger partial charge in [0.25, 0.3) is 0 Å². The van der Waals surface area contributed by atoms with Crippen molar-refractivity contribution in [3.63, 3.8) is 0 Å². The van der Waals surface area contributed by atoms with Crippen LogP contribution in [0, 0.1) is 0 Å². The molecule has 0 heterocycles. The molecular formula is C17H35N3O2. The van der Waals surface area contributed by atoms with Gasteiger partial charge in [0.1, 0.15) is 0 Å². The average molecular weight is 313 g/mol. The van der Waals surface area contributed by atoms with Gasteiger partial charge >= 0.3 is 0 Å². The Bertz CT molecular complexity index is 321. The van der Waals surface area contributed by atoms with E-state index in [-0.39, 0.29) is 6.73 Å². The third-order valence-electron chi connectivity index (χ3n) is 3.84. The first kappa shape index (κ1) is 21.1. The molecule has 0 radical (unpaired) electrons. The van der Waals surface area contributed by atoms with E-state index in [4.69, 9.17) is 0 Å². The number of rotatable bonds is 13. The summed E-state index contributed by atoms with van der Waals surface area (Å²) in [6, 6.07) is 0. The average Bonchev–Trinajstić information content (AvgIpc) is 2.49. The van der Waals surface area contributed by atoms with Crippen LogP contribution in [0.4, 0.5) is 0 Å². The summed E-state index contributed by atoms with van der Waals surface area (Å²) in [5.41, 5.74) is 1.000.